The fourth-order valence-electron chi connectivity index (χ4n) is 2.08. The summed E-state index contributed by atoms with van der Waals surface area (Å²) < 4.78 is 0. The van der Waals surface area contributed by atoms with Gasteiger partial charge in [0.2, 0.25) is 0 Å². The highest BCUT2D eigenvalue weighted by atomic mass is 16.3. The van der Waals surface area contributed by atoms with Crippen molar-refractivity contribution in [2.45, 2.75) is 78.5 Å². The highest BCUT2D eigenvalue weighted by molar-refractivity contribution is 4.74. The second-order valence-corrected chi connectivity index (χ2v) is 4.78. The first-order chi connectivity index (χ1) is 7.02. The summed E-state index contributed by atoms with van der Waals surface area (Å²) in [5.41, 5.74) is 0. The van der Waals surface area contributed by atoms with Crippen LogP contribution in [0, 0.1) is 0 Å². The first kappa shape index (κ1) is 14.9. The van der Waals surface area contributed by atoms with E-state index in [9.17, 15) is 5.11 Å². The average Bonchev–Trinajstić information content (AvgIpc) is 2.16. The Morgan fingerprint density at radius 3 is 2.07 bits per heavy atom. The summed E-state index contributed by atoms with van der Waals surface area (Å²) in [5, 5.41) is 9.42. The van der Waals surface area contributed by atoms with Crippen LogP contribution in [-0.2, 0) is 0 Å². The molecule has 0 aromatic carbocycles. The number of hydrogen-bond acceptors (Lipinski definition) is 2. The van der Waals surface area contributed by atoms with Crippen molar-refractivity contribution < 1.29 is 5.11 Å². The number of aliphatic hydroxyl groups excluding tert-OH is 1. The number of aliphatic hydroxyl groups is 1. The van der Waals surface area contributed by atoms with Crippen LogP contribution >= 0.6 is 0 Å². The van der Waals surface area contributed by atoms with Crippen molar-refractivity contribution in [3.8, 4) is 0 Å². The summed E-state index contributed by atoms with van der Waals surface area (Å²) >= 11 is 0. The Morgan fingerprint density at radius 2 is 1.67 bits per heavy atom. The zero-order chi connectivity index (χ0) is 11.8. The van der Waals surface area contributed by atoms with E-state index in [1.165, 1.54) is 25.8 Å². The van der Waals surface area contributed by atoms with E-state index in [1.807, 2.05) is 6.92 Å². The van der Waals surface area contributed by atoms with Gasteiger partial charge in [-0.3, -0.25) is 4.90 Å². The lowest BCUT2D eigenvalue weighted by Gasteiger charge is -2.34. The van der Waals surface area contributed by atoms with Crippen molar-refractivity contribution >= 4 is 0 Å². The zero-order valence-corrected chi connectivity index (χ0v) is 11.2. The predicted octanol–water partition coefficient (Wildman–Crippen LogP) is 3.05. The van der Waals surface area contributed by atoms with Crippen molar-refractivity contribution in [2.24, 2.45) is 0 Å². The minimum Gasteiger partial charge on any atom is -0.393 e. The number of unbranched alkanes of at least 4 members (excludes halogenated alkanes) is 1. The molecule has 0 aliphatic rings. The maximum absolute atomic E-state index is 9.42. The largest absolute Gasteiger partial charge is 0.393 e. The van der Waals surface area contributed by atoms with Crippen molar-refractivity contribution in [3.63, 3.8) is 0 Å². The van der Waals surface area contributed by atoms with Gasteiger partial charge >= 0.3 is 0 Å². The minimum absolute atomic E-state index is 0.187. The van der Waals surface area contributed by atoms with Crippen LogP contribution in [0.15, 0.2) is 0 Å². The van der Waals surface area contributed by atoms with Crippen LogP contribution in [0.4, 0.5) is 0 Å². The summed E-state index contributed by atoms with van der Waals surface area (Å²) in [6, 6.07) is 1.12. The van der Waals surface area contributed by atoms with E-state index in [0.717, 1.165) is 6.42 Å². The van der Waals surface area contributed by atoms with E-state index in [2.05, 4.69) is 32.6 Å². The topological polar surface area (TPSA) is 23.5 Å². The van der Waals surface area contributed by atoms with E-state index in [1.54, 1.807) is 0 Å². The fourth-order valence-corrected chi connectivity index (χ4v) is 2.08. The minimum atomic E-state index is -0.187. The maximum atomic E-state index is 9.42. The molecule has 2 nitrogen and oxygen atoms in total. The molecule has 0 bridgehead atoms. The van der Waals surface area contributed by atoms with E-state index >= 15 is 0 Å². The van der Waals surface area contributed by atoms with Crippen LogP contribution in [0.2, 0.25) is 0 Å². The van der Waals surface area contributed by atoms with Gasteiger partial charge in [0.25, 0.3) is 0 Å². The lowest BCUT2D eigenvalue weighted by Crippen LogP contribution is -2.42. The zero-order valence-electron chi connectivity index (χ0n) is 11.2. The van der Waals surface area contributed by atoms with Gasteiger partial charge in [0, 0.05) is 12.1 Å². The molecule has 92 valence electrons. The summed E-state index contributed by atoms with van der Waals surface area (Å²) in [6.45, 7) is 12.0. The fraction of sp³-hybridized carbons (Fsp3) is 1.00. The molecule has 0 amide bonds. The summed E-state index contributed by atoms with van der Waals surface area (Å²) in [7, 11) is 0. The molecule has 0 spiro atoms. The van der Waals surface area contributed by atoms with Crippen molar-refractivity contribution in [1.29, 1.82) is 0 Å². The molecule has 0 aromatic heterocycles. The molecule has 0 rings (SSSR count). The van der Waals surface area contributed by atoms with Crippen molar-refractivity contribution in [2.75, 3.05) is 6.54 Å². The third-order valence-corrected chi connectivity index (χ3v) is 3.18. The monoisotopic (exact) mass is 215 g/mol. The first-order valence-corrected chi connectivity index (χ1v) is 6.46. The maximum Gasteiger partial charge on any atom is 0.0526 e. The lowest BCUT2D eigenvalue weighted by molar-refractivity contribution is 0.0921. The Morgan fingerprint density at radius 1 is 1.07 bits per heavy atom. The van der Waals surface area contributed by atoms with Gasteiger partial charge in [-0.15, -0.1) is 0 Å². The lowest BCUT2D eigenvalue weighted by atomic mass is 10.1. The molecule has 2 heteroatoms. The van der Waals surface area contributed by atoms with E-state index in [4.69, 9.17) is 0 Å². The molecular formula is C13H29NO. The van der Waals surface area contributed by atoms with Gasteiger partial charge in [-0.25, -0.2) is 0 Å². The van der Waals surface area contributed by atoms with E-state index in [0.29, 0.717) is 12.1 Å². The Labute approximate surface area is 95.7 Å². The normalized spacial score (nSPS) is 17.8. The second kappa shape index (κ2) is 8.12. The van der Waals surface area contributed by atoms with Gasteiger partial charge in [0.15, 0.2) is 0 Å². The molecule has 0 heterocycles. The van der Waals surface area contributed by atoms with E-state index < -0.39 is 0 Å². The highest BCUT2D eigenvalue weighted by Crippen LogP contribution is 2.14. The van der Waals surface area contributed by atoms with Crippen LogP contribution in [-0.4, -0.2) is 34.7 Å². The van der Waals surface area contributed by atoms with Crippen LogP contribution in [0.5, 0.6) is 0 Å². The molecular weight excluding hydrogens is 186 g/mol. The van der Waals surface area contributed by atoms with E-state index in [-0.39, 0.29) is 6.10 Å². The Bertz CT molecular complexity index is 147. The number of hydrogen-bond donors (Lipinski definition) is 1. The Kier molecular flexibility index (Phi) is 8.07. The van der Waals surface area contributed by atoms with Gasteiger partial charge in [0.05, 0.1) is 6.10 Å². The molecule has 0 saturated carbocycles. The van der Waals surface area contributed by atoms with Crippen molar-refractivity contribution in [1.82, 2.24) is 4.90 Å². The summed E-state index contributed by atoms with van der Waals surface area (Å²) in [6.07, 6.45) is 4.39. The summed E-state index contributed by atoms with van der Waals surface area (Å²) in [5.74, 6) is 0. The number of rotatable bonds is 8. The molecule has 0 aliphatic heterocycles. The molecule has 0 radical (unpaired) electrons. The van der Waals surface area contributed by atoms with Gasteiger partial charge in [0.1, 0.15) is 0 Å². The van der Waals surface area contributed by atoms with Crippen molar-refractivity contribution in [3.05, 3.63) is 0 Å². The highest BCUT2D eigenvalue weighted by Gasteiger charge is 2.19. The van der Waals surface area contributed by atoms with Crippen LogP contribution < -0.4 is 0 Å². The predicted molar refractivity (Wildman–Crippen MR) is 67.1 cm³/mol. The Balaban J connectivity index is 4.19. The molecule has 15 heavy (non-hydrogen) atoms. The van der Waals surface area contributed by atoms with Crippen LogP contribution in [0.25, 0.3) is 0 Å². The molecule has 0 aliphatic carbocycles. The molecule has 0 fully saturated rings. The van der Waals surface area contributed by atoms with Crippen LogP contribution in [0.1, 0.15) is 60.3 Å². The first-order valence-electron chi connectivity index (χ1n) is 6.46. The molecule has 1 N–H and O–H groups in total. The molecule has 0 aromatic rings. The number of nitrogens with zero attached hydrogens (tertiary/aromatic N) is 1. The van der Waals surface area contributed by atoms with Gasteiger partial charge < -0.3 is 5.11 Å². The van der Waals surface area contributed by atoms with Gasteiger partial charge in [-0.05, 0) is 46.6 Å². The standard InChI is InChI=1S/C13H29NO/c1-6-8-9-14(11(3)7-2)12(4)10-13(5)15/h11-13,15H,6-10H2,1-5H3. The SMILES string of the molecule is CCCCN(C(C)CC)C(C)CC(C)O. The molecule has 3 atom stereocenters. The third kappa shape index (κ3) is 6.16. The smallest absolute Gasteiger partial charge is 0.0526 e. The molecule has 0 saturated heterocycles. The Hall–Kier alpha value is -0.0800. The summed E-state index contributed by atoms with van der Waals surface area (Å²) in [4.78, 5) is 2.54. The van der Waals surface area contributed by atoms with Crippen LogP contribution in [0.3, 0.4) is 0 Å². The van der Waals surface area contributed by atoms with Gasteiger partial charge in [-0.2, -0.15) is 0 Å². The average molecular weight is 215 g/mol. The quantitative estimate of drug-likeness (QED) is 0.672. The third-order valence-electron chi connectivity index (χ3n) is 3.18. The molecule has 3 unspecified atom stereocenters. The second-order valence-electron chi connectivity index (χ2n) is 4.78. The van der Waals surface area contributed by atoms with Gasteiger partial charge in [-0.1, -0.05) is 20.3 Å².